The van der Waals surface area contributed by atoms with Gasteiger partial charge in [-0.2, -0.15) is 0 Å². The summed E-state index contributed by atoms with van der Waals surface area (Å²) in [6, 6.07) is 0. The molecule has 0 bridgehead atoms. The van der Waals surface area contributed by atoms with Gasteiger partial charge in [-0.05, 0) is 105 Å². The summed E-state index contributed by atoms with van der Waals surface area (Å²) in [6.07, 6.45) is 11.8. The van der Waals surface area contributed by atoms with Gasteiger partial charge in [0.2, 0.25) is 0 Å². The first-order valence-corrected chi connectivity index (χ1v) is 20.0. The molecule has 3 nitrogen and oxygen atoms in total. The molecule has 0 amide bonds. The van der Waals surface area contributed by atoms with Crippen LogP contribution in [0.4, 0.5) is 0 Å². The Morgan fingerprint density at radius 1 is 1.21 bits per heavy atom. The predicted molar refractivity (Wildman–Crippen MR) is 155 cm³/mol. The topological polar surface area (TPSA) is 43.4 Å². The van der Waals surface area contributed by atoms with Crippen LogP contribution in [-0.4, -0.2) is 38.3 Å². The SMILES string of the molecule is C[C@H](CI)[C@H]1CC[C@@H]2/C(=C/[C@@H]3CS(=O)(=O)[C@@H]4CC[C@H](O[Si](C)(C)C(C)(C)C)C[C@H]34)CCC[C@@]21C. The van der Waals surface area contributed by atoms with Crippen LogP contribution in [0, 0.1) is 35.0 Å². The minimum absolute atomic E-state index is 0.140. The molecule has 0 unspecified atom stereocenters. The maximum absolute atomic E-state index is 13.2. The fourth-order valence-electron chi connectivity index (χ4n) is 8.02. The fraction of sp³-hybridized carbons (Fsp3) is 0.929. The van der Waals surface area contributed by atoms with Crippen LogP contribution in [0.25, 0.3) is 0 Å². The fourth-order valence-corrected chi connectivity index (χ4v) is 12.5. The maximum atomic E-state index is 13.2. The number of fused-ring (bicyclic) bond motifs is 2. The van der Waals surface area contributed by atoms with Crippen molar-refractivity contribution in [2.45, 2.75) is 115 Å². The zero-order valence-electron chi connectivity index (χ0n) is 22.7. The van der Waals surface area contributed by atoms with E-state index in [0.29, 0.717) is 17.1 Å². The van der Waals surface area contributed by atoms with Crippen LogP contribution < -0.4 is 0 Å². The summed E-state index contributed by atoms with van der Waals surface area (Å²) in [5.41, 5.74) is 2.02. The second kappa shape index (κ2) is 9.72. The van der Waals surface area contributed by atoms with Gasteiger partial charge >= 0.3 is 0 Å². The highest BCUT2D eigenvalue weighted by molar-refractivity contribution is 14.1. The van der Waals surface area contributed by atoms with E-state index in [0.717, 1.165) is 31.1 Å². The van der Waals surface area contributed by atoms with Gasteiger partial charge in [-0.25, -0.2) is 8.42 Å². The first-order valence-electron chi connectivity index (χ1n) is 13.9. The van der Waals surface area contributed by atoms with Gasteiger partial charge in [0.25, 0.3) is 0 Å². The van der Waals surface area contributed by atoms with Gasteiger partial charge in [-0.15, -0.1) is 0 Å². The molecule has 0 aromatic carbocycles. The third kappa shape index (κ3) is 5.01. The molecule has 4 fully saturated rings. The number of rotatable bonds is 5. The molecular formula is C28H49IO3SSi. The Hall–Kier alpha value is 0.597. The number of hydrogen-bond donors (Lipinski definition) is 0. The molecule has 0 radical (unpaired) electrons. The Morgan fingerprint density at radius 3 is 2.56 bits per heavy atom. The summed E-state index contributed by atoms with van der Waals surface area (Å²) < 4.78 is 34.5. The van der Waals surface area contributed by atoms with E-state index in [1.807, 2.05) is 0 Å². The van der Waals surface area contributed by atoms with E-state index in [2.05, 4.69) is 76.4 Å². The third-order valence-electron chi connectivity index (χ3n) is 10.9. The molecular weight excluding hydrogens is 571 g/mol. The molecule has 8 atom stereocenters. The molecule has 0 spiro atoms. The molecule has 3 saturated carbocycles. The summed E-state index contributed by atoms with van der Waals surface area (Å²) in [7, 11) is -4.85. The van der Waals surface area contributed by atoms with Crippen LogP contribution >= 0.6 is 22.6 Å². The minimum atomic E-state index is -3.00. The van der Waals surface area contributed by atoms with E-state index >= 15 is 0 Å². The average Bonchev–Trinajstić information content (AvgIpc) is 3.20. The summed E-state index contributed by atoms with van der Waals surface area (Å²) in [4.78, 5) is 0. The van der Waals surface area contributed by atoms with Crippen molar-refractivity contribution in [2.75, 3.05) is 10.2 Å². The van der Waals surface area contributed by atoms with Crippen molar-refractivity contribution in [3.8, 4) is 0 Å². The van der Waals surface area contributed by atoms with Crippen LogP contribution in [0.2, 0.25) is 18.1 Å². The lowest BCUT2D eigenvalue weighted by atomic mass is 9.61. The van der Waals surface area contributed by atoms with Gasteiger partial charge in [0, 0.05) is 10.5 Å². The predicted octanol–water partition coefficient (Wildman–Crippen LogP) is 7.80. The van der Waals surface area contributed by atoms with Gasteiger partial charge in [0.05, 0.1) is 11.0 Å². The van der Waals surface area contributed by atoms with E-state index in [4.69, 9.17) is 4.43 Å². The lowest BCUT2D eigenvalue weighted by Crippen LogP contribution is -2.46. The Balaban J connectivity index is 1.56. The van der Waals surface area contributed by atoms with Gasteiger partial charge < -0.3 is 4.43 Å². The smallest absolute Gasteiger partial charge is 0.192 e. The second-order valence-electron chi connectivity index (χ2n) is 14.0. The zero-order valence-corrected chi connectivity index (χ0v) is 26.7. The molecule has 6 heteroatoms. The van der Waals surface area contributed by atoms with Crippen molar-refractivity contribution in [2.24, 2.45) is 35.0 Å². The number of halogens is 1. The Bertz CT molecular complexity index is 892. The van der Waals surface area contributed by atoms with Crippen molar-refractivity contribution >= 4 is 40.7 Å². The highest BCUT2D eigenvalue weighted by atomic mass is 127. The van der Waals surface area contributed by atoms with Crippen molar-refractivity contribution in [3.05, 3.63) is 11.6 Å². The van der Waals surface area contributed by atoms with Crippen molar-refractivity contribution < 1.29 is 12.8 Å². The van der Waals surface area contributed by atoms with E-state index in [9.17, 15) is 8.42 Å². The molecule has 1 heterocycles. The van der Waals surface area contributed by atoms with Crippen molar-refractivity contribution in [1.29, 1.82) is 0 Å². The largest absolute Gasteiger partial charge is 0.414 e. The van der Waals surface area contributed by atoms with Crippen LogP contribution in [-0.2, 0) is 14.3 Å². The van der Waals surface area contributed by atoms with Gasteiger partial charge in [0.1, 0.15) is 0 Å². The number of sulfone groups is 1. The summed E-state index contributed by atoms with van der Waals surface area (Å²) in [5.74, 6) is 3.07. The lowest BCUT2D eigenvalue weighted by Gasteiger charge is -2.45. The average molecular weight is 621 g/mol. The van der Waals surface area contributed by atoms with Crippen molar-refractivity contribution in [3.63, 3.8) is 0 Å². The van der Waals surface area contributed by atoms with Crippen LogP contribution in [0.1, 0.15) is 86.0 Å². The van der Waals surface area contributed by atoms with E-state index in [-0.39, 0.29) is 28.2 Å². The van der Waals surface area contributed by atoms with Gasteiger partial charge in [0.15, 0.2) is 18.2 Å². The van der Waals surface area contributed by atoms with E-state index in [1.165, 1.54) is 36.5 Å². The van der Waals surface area contributed by atoms with E-state index < -0.39 is 18.2 Å². The monoisotopic (exact) mass is 620 g/mol. The Morgan fingerprint density at radius 2 is 1.91 bits per heavy atom. The highest BCUT2D eigenvalue weighted by Gasteiger charge is 2.53. The lowest BCUT2D eigenvalue weighted by molar-refractivity contribution is 0.0998. The molecule has 196 valence electrons. The Kier molecular flexibility index (Phi) is 7.90. The van der Waals surface area contributed by atoms with Crippen LogP contribution in [0.15, 0.2) is 11.6 Å². The number of hydrogen-bond acceptors (Lipinski definition) is 3. The zero-order chi connectivity index (χ0) is 25.1. The molecule has 0 N–H and O–H groups in total. The van der Waals surface area contributed by atoms with Crippen LogP contribution in [0.3, 0.4) is 0 Å². The number of allylic oxidation sites excluding steroid dienone is 2. The molecule has 0 aromatic rings. The van der Waals surface area contributed by atoms with E-state index in [1.54, 1.807) is 5.57 Å². The molecule has 3 aliphatic carbocycles. The standard InChI is InChI=1S/C28H49IO3SSi/c1-19(17-29)24-11-12-25-20(9-8-14-28(24,25)5)15-21-18-33(30,31)26-13-10-22(16-23(21)26)32-34(6,7)27(2,3)4/h15,19,21-26H,8-14,16-18H2,1-7H3/b20-15+/t19-,21-,22+,23-,24-,25-,26-,28-/m1/s1. The number of alkyl halides is 1. The second-order valence-corrected chi connectivity index (χ2v) is 21.9. The summed E-state index contributed by atoms with van der Waals surface area (Å²) >= 11 is 2.57. The third-order valence-corrected chi connectivity index (χ3v) is 19.2. The molecule has 0 aromatic heterocycles. The first-order chi connectivity index (χ1) is 15.7. The van der Waals surface area contributed by atoms with Gasteiger partial charge in [-0.3, -0.25) is 0 Å². The molecule has 4 aliphatic rings. The Labute approximate surface area is 224 Å². The highest BCUT2D eigenvalue weighted by Crippen LogP contribution is 2.60. The molecule has 1 saturated heterocycles. The normalized spacial score (nSPS) is 42.4. The summed E-state index contributed by atoms with van der Waals surface area (Å²) in [5, 5.41) is 0.0483. The van der Waals surface area contributed by atoms with Crippen molar-refractivity contribution in [1.82, 2.24) is 0 Å². The molecule has 34 heavy (non-hydrogen) atoms. The quantitative estimate of drug-likeness (QED) is 0.136. The maximum Gasteiger partial charge on any atom is 0.192 e. The van der Waals surface area contributed by atoms with Gasteiger partial charge in [-0.1, -0.05) is 68.9 Å². The molecule has 4 rings (SSSR count). The minimum Gasteiger partial charge on any atom is -0.414 e. The molecule has 1 aliphatic heterocycles. The first kappa shape index (κ1) is 27.6. The summed E-state index contributed by atoms with van der Waals surface area (Å²) in [6.45, 7) is 16.6. The van der Waals surface area contributed by atoms with Crippen LogP contribution in [0.5, 0.6) is 0 Å².